The van der Waals surface area contributed by atoms with Crippen molar-refractivity contribution in [3.05, 3.63) is 23.9 Å². The highest BCUT2D eigenvalue weighted by atomic mass is 35.5. The Hall–Kier alpha value is -1.04. The van der Waals surface area contributed by atoms with Crippen LogP contribution in [0.5, 0.6) is 0 Å². The number of aryl methyl sites for hydroxylation is 1. The van der Waals surface area contributed by atoms with Crippen LogP contribution in [0.1, 0.15) is 31.4 Å². The zero-order valence-electron chi connectivity index (χ0n) is 13.6. The first-order valence-corrected chi connectivity index (χ1v) is 7.89. The maximum atomic E-state index is 11.8. The molecule has 0 atom stereocenters. The van der Waals surface area contributed by atoms with E-state index in [1.54, 1.807) is 0 Å². The Kier molecular flexibility index (Phi) is 11.8. The fourth-order valence-corrected chi connectivity index (χ4v) is 2.63. The first kappa shape index (κ1) is 22.0. The van der Waals surface area contributed by atoms with Crippen LogP contribution >= 0.6 is 24.8 Å². The fourth-order valence-electron chi connectivity index (χ4n) is 2.63. The van der Waals surface area contributed by atoms with Gasteiger partial charge in [0.25, 0.3) is 0 Å². The molecule has 1 aromatic rings. The molecule has 1 fully saturated rings. The quantitative estimate of drug-likeness (QED) is 0.652. The van der Waals surface area contributed by atoms with Crippen molar-refractivity contribution < 1.29 is 4.79 Å². The normalized spacial score (nSPS) is 14.3. The third kappa shape index (κ3) is 8.98. The van der Waals surface area contributed by atoms with E-state index in [9.17, 15) is 4.79 Å². The average Bonchev–Trinajstić information content (AvgIpc) is 2.51. The number of piperidine rings is 1. The maximum absolute atomic E-state index is 11.8. The Morgan fingerprint density at radius 1 is 1.26 bits per heavy atom. The lowest BCUT2D eigenvalue weighted by molar-refractivity contribution is -0.121. The standard InChI is InChI=1S/C16H26N4O.2ClH/c1-13-3-2-4-15(20-13)18-11-12-19-16(21)6-5-14-7-9-17-10-8-14;;/h2-4,14,17H,5-12H2,1H3,(H,18,20)(H,19,21);2*1H. The Bertz CT molecular complexity index is 453. The van der Waals surface area contributed by atoms with E-state index in [4.69, 9.17) is 0 Å². The van der Waals surface area contributed by atoms with Crippen LogP contribution in [0, 0.1) is 12.8 Å². The molecule has 2 rings (SSSR count). The summed E-state index contributed by atoms with van der Waals surface area (Å²) < 4.78 is 0. The number of carbonyl (C=O) groups excluding carboxylic acids is 1. The number of rotatable bonds is 7. The largest absolute Gasteiger partial charge is 0.368 e. The Morgan fingerprint density at radius 3 is 2.70 bits per heavy atom. The first-order valence-electron chi connectivity index (χ1n) is 7.89. The molecule has 0 spiro atoms. The Morgan fingerprint density at radius 2 is 2.00 bits per heavy atom. The summed E-state index contributed by atoms with van der Waals surface area (Å²) in [6.07, 6.45) is 4.06. The van der Waals surface area contributed by atoms with Crippen molar-refractivity contribution in [2.24, 2.45) is 5.92 Å². The van der Waals surface area contributed by atoms with E-state index in [1.807, 2.05) is 25.1 Å². The minimum Gasteiger partial charge on any atom is -0.368 e. The zero-order valence-corrected chi connectivity index (χ0v) is 15.3. The fraction of sp³-hybridized carbons (Fsp3) is 0.625. The molecule has 0 unspecified atom stereocenters. The summed E-state index contributed by atoms with van der Waals surface area (Å²) in [5.74, 6) is 1.73. The summed E-state index contributed by atoms with van der Waals surface area (Å²) in [5, 5.41) is 9.52. The van der Waals surface area contributed by atoms with Gasteiger partial charge in [0, 0.05) is 25.2 Å². The number of halogens is 2. The number of pyridine rings is 1. The summed E-state index contributed by atoms with van der Waals surface area (Å²) in [6.45, 7) is 5.50. The van der Waals surface area contributed by atoms with E-state index in [-0.39, 0.29) is 30.7 Å². The lowest BCUT2D eigenvalue weighted by atomic mass is 9.93. The SMILES string of the molecule is Cc1cccc(NCCNC(=O)CCC2CCNCC2)n1.Cl.Cl. The predicted octanol–water partition coefficient (Wildman–Crippen LogP) is 2.54. The van der Waals surface area contributed by atoms with E-state index in [0.717, 1.165) is 31.0 Å². The van der Waals surface area contributed by atoms with Crippen molar-refractivity contribution in [3.63, 3.8) is 0 Å². The topological polar surface area (TPSA) is 66.0 Å². The third-order valence-electron chi connectivity index (χ3n) is 3.88. The maximum Gasteiger partial charge on any atom is 0.220 e. The molecule has 7 heteroatoms. The van der Waals surface area contributed by atoms with Gasteiger partial charge in [-0.25, -0.2) is 4.98 Å². The second-order valence-corrected chi connectivity index (χ2v) is 5.67. The number of nitrogens with zero attached hydrogens (tertiary/aromatic N) is 1. The second kappa shape index (κ2) is 12.4. The molecule has 1 aliphatic heterocycles. The molecular weight excluding hydrogens is 335 g/mol. The van der Waals surface area contributed by atoms with Gasteiger partial charge in [0.05, 0.1) is 0 Å². The van der Waals surface area contributed by atoms with Gasteiger partial charge < -0.3 is 16.0 Å². The first-order chi connectivity index (χ1) is 10.2. The van der Waals surface area contributed by atoms with Gasteiger partial charge in [0.1, 0.15) is 5.82 Å². The van der Waals surface area contributed by atoms with Gasteiger partial charge in [-0.3, -0.25) is 4.79 Å². The van der Waals surface area contributed by atoms with Crippen molar-refractivity contribution in [2.45, 2.75) is 32.6 Å². The molecule has 1 aliphatic rings. The molecule has 0 aromatic carbocycles. The number of nitrogens with one attached hydrogen (secondary N) is 3. The lowest BCUT2D eigenvalue weighted by Gasteiger charge is -2.22. The van der Waals surface area contributed by atoms with Crippen LogP contribution in [0.4, 0.5) is 5.82 Å². The van der Waals surface area contributed by atoms with E-state index in [2.05, 4.69) is 20.9 Å². The Balaban J connectivity index is 0.00000242. The summed E-state index contributed by atoms with van der Waals surface area (Å²) in [4.78, 5) is 16.1. The Labute approximate surface area is 151 Å². The molecule has 132 valence electrons. The van der Waals surface area contributed by atoms with E-state index in [1.165, 1.54) is 12.8 Å². The van der Waals surface area contributed by atoms with Gasteiger partial charge >= 0.3 is 0 Å². The van der Waals surface area contributed by atoms with Gasteiger partial charge in [-0.2, -0.15) is 0 Å². The van der Waals surface area contributed by atoms with Gasteiger partial charge in [-0.15, -0.1) is 24.8 Å². The average molecular weight is 363 g/mol. The minimum atomic E-state index is 0. The summed E-state index contributed by atoms with van der Waals surface area (Å²) in [5.41, 5.74) is 0.992. The summed E-state index contributed by atoms with van der Waals surface area (Å²) >= 11 is 0. The van der Waals surface area contributed by atoms with Crippen LogP contribution < -0.4 is 16.0 Å². The van der Waals surface area contributed by atoms with Crippen molar-refractivity contribution >= 4 is 36.5 Å². The van der Waals surface area contributed by atoms with E-state index < -0.39 is 0 Å². The summed E-state index contributed by atoms with van der Waals surface area (Å²) in [7, 11) is 0. The monoisotopic (exact) mass is 362 g/mol. The molecule has 0 bridgehead atoms. The highest BCUT2D eigenvalue weighted by molar-refractivity contribution is 5.85. The highest BCUT2D eigenvalue weighted by Crippen LogP contribution is 2.17. The molecule has 5 nitrogen and oxygen atoms in total. The van der Waals surface area contributed by atoms with Gasteiger partial charge in [-0.1, -0.05) is 6.07 Å². The molecule has 1 amide bonds. The lowest BCUT2D eigenvalue weighted by Crippen LogP contribution is -2.31. The van der Waals surface area contributed by atoms with Crippen LogP contribution in [-0.4, -0.2) is 37.1 Å². The highest BCUT2D eigenvalue weighted by Gasteiger charge is 2.14. The molecular formula is C16H28Cl2N4O. The molecule has 0 aliphatic carbocycles. The molecule has 23 heavy (non-hydrogen) atoms. The molecule has 1 saturated heterocycles. The second-order valence-electron chi connectivity index (χ2n) is 5.67. The predicted molar refractivity (Wildman–Crippen MR) is 99.8 cm³/mol. The van der Waals surface area contributed by atoms with E-state index >= 15 is 0 Å². The molecule has 0 radical (unpaired) electrons. The summed E-state index contributed by atoms with van der Waals surface area (Å²) in [6, 6.07) is 5.88. The molecule has 1 aromatic heterocycles. The molecule has 3 N–H and O–H groups in total. The van der Waals surface area contributed by atoms with Gasteiger partial charge in [-0.05, 0) is 57.3 Å². The number of hydrogen-bond donors (Lipinski definition) is 3. The van der Waals surface area contributed by atoms with Crippen molar-refractivity contribution in [2.75, 3.05) is 31.5 Å². The van der Waals surface area contributed by atoms with Crippen molar-refractivity contribution in [1.29, 1.82) is 0 Å². The van der Waals surface area contributed by atoms with Gasteiger partial charge in [0.15, 0.2) is 0 Å². The number of amides is 1. The smallest absolute Gasteiger partial charge is 0.220 e. The van der Waals surface area contributed by atoms with Crippen LogP contribution in [0.3, 0.4) is 0 Å². The number of aromatic nitrogens is 1. The third-order valence-corrected chi connectivity index (χ3v) is 3.88. The van der Waals surface area contributed by atoms with Crippen LogP contribution in [-0.2, 0) is 4.79 Å². The minimum absolute atomic E-state index is 0. The van der Waals surface area contributed by atoms with Crippen LogP contribution in [0.15, 0.2) is 18.2 Å². The zero-order chi connectivity index (χ0) is 14.9. The van der Waals surface area contributed by atoms with Crippen LogP contribution in [0.25, 0.3) is 0 Å². The molecule has 0 saturated carbocycles. The number of hydrogen-bond acceptors (Lipinski definition) is 4. The van der Waals surface area contributed by atoms with Crippen molar-refractivity contribution in [1.82, 2.24) is 15.6 Å². The van der Waals surface area contributed by atoms with E-state index in [0.29, 0.717) is 25.4 Å². The van der Waals surface area contributed by atoms with Gasteiger partial charge in [0.2, 0.25) is 5.91 Å². The number of anilines is 1. The molecule has 2 heterocycles. The number of carbonyl (C=O) groups is 1. The van der Waals surface area contributed by atoms with Crippen LogP contribution in [0.2, 0.25) is 0 Å². The van der Waals surface area contributed by atoms with Crippen molar-refractivity contribution in [3.8, 4) is 0 Å².